The molecule has 1 aliphatic rings. The first kappa shape index (κ1) is 27.0. The maximum atomic E-state index is 13.3. The van der Waals surface area contributed by atoms with Gasteiger partial charge >= 0.3 is 5.97 Å². The van der Waals surface area contributed by atoms with Gasteiger partial charge in [-0.25, -0.2) is 4.98 Å². The van der Waals surface area contributed by atoms with Crippen molar-refractivity contribution >= 4 is 33.5 Å². The third-order valence-corrected chi connectivity index (χ3v) is 7.29. The molecule has 1 aliphatic heterocycles. The number of methoxy groups -OCH3 is 1. The Morgan fingerprint density at radius 2 is 2.00 bits per heavy atom. The number of benzene rings is 1. The average Bonchev–Trinajstić information content (AvgIpc) is 3.35. The van der Waals surface area contributed by atoms with Gasteiger partial charge in [-0.05, 0) is 53.1 Å². The number of nitrogens with one attached hydrogen (secondary N) is 1. The van der Waals surface area contributed by atoms with Crippen LogP contribution in [0.5, 0.6) is 0 Å². The Hall–Kier alpha value is -3.00. The topological polar surface area (TPSA) is 86.1 Å². The Morgan fingerprint density at radius 1 is 1.19 bits per heavy atom. The lowest BCUT2D eigenvalue weighted by Crippen LogP contribution is -2.16. The van der Waals surface area contributed by atoms with Gasteiger partial charge in [0.2, 0.25) is 0 Å². The Kier molecular flexibility index (Phi) is 8.47. The zero-order valence-electron chi connectivity index (χ0n) is 22.0. The number of esters is 1. The smallest absolute Gasteiger partial charge is 0.306 e. The molecule has 0 bridgehead atoms. The molecule has 1 N–H and O–H groups in total. The molecule has 2 aromatic heterocycles. The number of ketones is 1. The van der Waals surface area contributed by atoms with Gasteiger partial charge in [-0.2, -0.15) is 5.10 Å². The monoisotopic (exact) mass is 566 g/mol. The Bertz CT molecular complexity index is 1280. The molecule has 196 valence electrons. The highest BCUT2D eigenvalue weighted by Gasteiger charge is 2.24. The van der Waals surface area contributed by atoms with E-state index in [9.17, 15) is 9.59 Å². The number of nitrogens with zero attached hydrogens (tertiary/aromatic N) is 3. The van der Waals surface area contributed by atoms with Gasteiger partial charge in [-0.1, -0.05) is 48.8 Å². The molecule has 1 atom stereocenters. The number of aryl methyl sites for hydroxylation is 3. The van der Waals surface area contributed by atoms with Gasteiger partial charge in [0, 0.05) is 48.2 Å². The minimum absolute atomic E-state index is 0.0476. The first-order valence-electron chi connectivity index (χ1n) is 12.8. The van der Waals surface area contributed by atoms with E-state index in [2.05, 4.69) is 71.4 Å². The highest BCUT2D eigenvalue weighted by Crippen LogP contribution is 2.33. The third kappa shape index (κ3) is 7.06. The summed E-state index contributed by atoms with van der Waals surface area (Å²) < 4.78 is 7.65. The second kappa shape index (κ2) is 11.6. The van der Waals surface area contributed by atoms with E-state index in [1.165, 1.54) is 12.7 Å². The zero-order chi connectivity index (χ0) is 26.6. The minimum Gasteiger partial charge on any atom is -0.469 e. The van der Waals surface area contributed by atoms with E-state index in [0.29, 0.717) is 12.1 Å². The number of pyridine rings is 1. The van der Waals surface area contributed by atoms with Gasteiger partial charge in [0.15, 0.2) is 5.78 Å². The lowest BCUT2D eigenvalue weighted by Gasteiger charge is -2.23. The molecule has 1 aromatic carbocycles. The fraction of sp³-hybridized carbons (Fsp3) is 0.448. The maximum Gasteiger partial charge on any atom is 0.306 e. The molecule has 3 heterocycles. The molecule has 0 saturated heterocycles. The molecular formula is C29H35BrN4O3. The summed E-state index contributed by atoms with van der Waals surface area (Å²) in [4.78, 5) is 30.2. The molecule has 0 saturated carbocycles. The minimum atomic E-state index is -0.335. The molecule has 0 amide bonds. The van der Waals surface area contributed by atoms with Crippen LogP contribution in [0.1, 0.15) is 78.7 Å². The first-order chi connectivity index (χ1) is 17.6. The number of carbonyl (C=O) groups excluding carboxylic acids is 2. The van der Waals surface area contributed by atoms with Crippen LogP contribution < -0.4 is 5.32 Å². The van der Waals surface area contributed by atoms with Crippen LogP contribution >= 0.6 is 15.9 Å². The van der Waals surface area contributed by atoms with Crippen molar-refractivity contribution in [2.45, 2.75) is 70.8 Å². The normalized spacial score (nSPS) is 14.0. The molecular weight excluding hydrogens is 532 g/mol. The lowest BCUT2D eigenvalue weighted by atomic mass is 9.82. The number of rotatable bonds is 9. The number of hydrogen-bond acceptors (Lipinski definition) is 6. The van der Waals surface area contributed by atoms with Gasteiger partial charge in [0.25, 0.3) is 0 Å². The molecule has 7 nitrogen and oxygen atoms in total. The highest BCUT2D eigenvalue weighted by atomic mass is 79.9. The van der Waals surface area contributed by atoms with Crippen molar-refractivity contribution in [3.8, 4) is 0 Å². The second-order valence-corrected chi connectivity index (χ2v) is 11.6. The number of Topliss-reactive ketones (excluding diaryl/α,β-unsaturated/α-hetero) is 1. The number of ether oxygens (including phenoxy) is 1. The van der Waals surface area contributed by atoms with Gasteiger partial charge in [-0.3, -0.25) is 14.3 Å². The number of fused-ring (bicyclic) bond motifs is 1. The van der Waals surface area contributed by atoms with Crippen LogP contribution in [-0.4, -0.2) is 40.2 Å². The summed E-state index contributed by atoms with van der Waals surface area (Å²) in [6.45, 7) is 8.02. The van der Waals surface area contributed by atoms with E-state index < -0.39 is 0 Å². The largest absolute Gasteiger partial charge is 0.469 e. The first-order valence-corrected chi connectivity index (χ1v) is 13.6. The van der Waals surface area contributed by atoms with E-state index in [0.717, 1.165) is 52.9 Å². The summed E-state index contributed by atoms with van der Waals surface area (Å²) in [7, 11) is 1.38. The second-order valence-electron chi connectivity index (χ2n) is 10.7. The summed E-state index contributed by atoms with van der Waals surface area (Å²) >= 11 is 3.60. The number of halogens is 1. The standard InChI is InChI=1S/C29H35BrN4O3/c1-29(2,3)23-12-20(13-24(30)16-23)21(15-27(36)37-4)14-26(35)22-17-32-34(18-22)11-9-25-8-7-19-6-5-10-31-28(19)33-25/h7-8,12-13,16-18,21H,5-6,9-11,14-15H2,1-4H3,(H,31,33)/t21-/m0/s1. The maximum absolute atomic E-state index is 13.3. The molecule has 0 aliphatic carbocycles. The van der Waals surface area contributed by atoms with Crippen LogP contribution in [0.4, 0.5) is 5.82 Å². The van der Waals surface area contributed by atoms with Crippen molar-refractivity contribution in [1.29, 1.82) is 0 Å². The van der Waals surface area contributed by atoms with Gasteiger partial charge in [0.05, 0.1) is 25.3 Å². The molecule has 8 heteroatoms. The van der Waals surface area contributed by atoms with Crippen molar-refractivity contribution in [1.82, 2.24) is 14.8 Å². The van der Waals surface area contributed by atoms with E-state index >= 15 is 0 Å². The van der Waals surface area contributed by atoms with Crippen LogP contribution in [0.3, 0.4) is 0 Å². The number of hydrogen-bond donors (Lipinski definition) is 1. The van der Waals surface area contributed by atoms with Crippen molar-refractivity contribution in [2.24, 2.45) is 0 Å². The summed E-state index contributed by atoms with van der Waals surface area (Å²) in [6, 6.07) is 10.4. The van der Waals surface area contributed by atoms with Gasteiger partial charge in [0.1, 0.15) is 5.82 Å². The Balaban J connectivity index is 1.46. The van der Waals surface area contributed by atoms with Crippen molar-refractivity contribution in [3.05, 3.63) is 75.1 Å². The Labute approximate surface area is 227 Å². The SMILES string of the molecule is COC(=O)C[C@H](CC(=O)c1cnn(CCc2ccc3c(n2)NCCC3)c1)c1cc(Br)cc(C(C)(C)C)c1. The predicted octanol–water partition coefficient (Wildman–Crippen LogP) is 5.86. The molecule has 0 fully saturated rings. The summed E-state index contributed by atoms with van der Waals surface area (Å²) in [5.41, 5.74) is 4.82. The summed E-state index contributed by atoms with van der Waals surface area (Å²) in [6.07, 6.45) is 6.65. The van der Waals surface area contributed by atoms with Crippen molar-refractivity contribution < 1.29 is 14.3 Å². The van der Waals surface area contributed by atoms with Crippen LogP contribution in [0.15, 0.2) is 47.2 Å². The highest BCUT2D eigenvalue weighted by molar-refractivity contribution is 9.10. The fourth-order valence-electron chi connectivity index (χ4n) is 4.58. The molecule has 37 heavy (non-hydrogen) atoms. The molecule has 4 rings (SSSR count). The molecule has 0 spiro atoms. The van der Waals surface area contributed by atoms with Crippen LogP contribution in [-0.2, 0) is 34.3 Å². The quantitative estimate of drug-likeness (QED) is 0.258. The van der Waals surface area contributed by atoms with E-state index in [4.69, 9.17) is 9.72 Å². The lowest BCUT2D eigenvalue weighted by molar-refractivity contribution is -0.141. The van der Waals surface area contributed by atoms with Crippen molar-refractivity contribution in [3.63, 3.8) is 0 Å². The fourth-order valence-corrected chi connectivity index (χ4v) is 5.09. The van der Waals surface area contributed by atoms with E-state index in [1.807, 2.05) is 6.07 Å². The predicted molar refractivity (Wildman–Crippen MR) is 148 cm³/mol. The van der Waals surface area contributed by atoms with Gasteiger partial charge < -0.3 is 10.1 Å². The molecule has 3 aromatic rings. The van der Waals surface area contributed by atoms with Gasteiger partial charge in [-0.15, -0.1) is 0 Å². The summed E-state index contributed by atoms with van der Waals surface area (Å²) in [5.74, 6) is 0.305. The van der Waals surface area contributed by atoms with E-state index in [-0.39, 0.29) is 35.9 Å². The average molecular weight is 568 g/mol. The van der Waals surface area contributed by atoms with Crippen LogP contribution in [0, 0.1) is 0 Å². The molecule has 0 unspecified atom stereocenters. The van der Waals surface area contributed by atoms with Crippen LogP contribution in [0.25, 0.3) is 0 Å². The summed E-state index contributed by atoms with van der Waals surface area (Å²) in [5, 5.41) is 7.78. The van der Waals surface area contributed by atoms with Crippen LogP contribution in [0.2, 0.25) is 0 Å². The van der Waals surface area contributed by atoms with E-state index in [1.54, 1.807) is 17.1 Å². The number of aromatic nitrogens is 3. The van der Waals surface area contributed by atoms with Crippen molar-refractivity contribution in [2.75, 3.05) is 19.0 Å². The zero-order valence-corrected chi connectivity index (χ0v) is 23.6. The third-order valence-electron chi connectivity index (χ3n) is 6.83. The molecule has 0 radical (unpaired) electrons. The number of anilines is 1. The Morgan fingerprint density at radius 3 is 2.76 bits per heavy atom. The number of carbonyl (C=O) groups is 2.